The number of benzene rings is 2. The van der Waals surface area contributed by atoms with Gasteiger partial charge in [-0.25, -0.2) is 0 Å². The topological polar surface area (TPSA) is 142 Å². The van der Waals surface area contributed by atoms with E-state index in [1.165, 1.54) is 14.0 Å². The third kappa shape index (κ3) is 8.50. The predicted molar refractivity (Wildman–Crippen MR) is 156 cm³/mol. The van der Waals surface area contributed by atoms with Crippen LogP contribution in [0, 0.1) is 5.92 Å². The van der Waals surface area contributed by atoms with Gasteiger partial charge in [0.15, 0.2) is 5.12 Å². The molecule has 2 aromatic rings. The van der Waals surface area contributed by atoms with E-state index in [0.29, 0.717) is 17.5 Å². The van der Waals surface area contributed by atoms with Crippen LogP contribution in [0.4, 0.5) is 0 Å². The number of carbonyl (C=O) groups excluding carboxylic acids is 6. The predicted octanol–water partition coefficient (Wildman–Crippen LogP) is 2.33. The molecule has 0 aliphatic carbocycles. The largest absolute Gasteiger partial charge is 0.357 e. The Morgan fingerprint density at radius 1 is 0.805 bits per heavy atom. The van der Waals surface area contributed by atoms with Crippen molar-refractivity contribution < 1.29 is 28.8 Å². The van der Waals surface area contributed by atoms with Gasteiger partial charge in [0.25, 0.3) is 11.8 Å². The van der Waals surface area contributed by atoms with Crippen LogP contribution in [-0.4, -0.2) is 70.5 Å². The Hall–Kier alpha value is -3.99. The van der Waals surface area contributed by atoms with Gasteiger partial charge in [-0.3, -0.25) is 33.7 Å². The van der Waals surface area contributed by atoms with E-state index in [1.54, 1.807) is 24.3 Å². The Morgan fingerprint density at radius 2 is 1.37 bits per heavy atom. The minimum absolute atomic E-state index is 0.0203. The zero-order valence-electron chi connectivity index (χ0n) is 23.6. The highest BCUT2D eigenvalue weighted by Gasteiger charge is 2.36. The summed E-state index contributed by atoms with van der Waals surface area (Å²) in [6.45, 7) is 5.05. The average Bonchev–Trinajstić information content (AvgIpc) is 3.18. The zero-order chi connectivity index (χ0) is 30.1. The van der Waals surface area contributed by atoms with Crippen molar-refractivity contribution in [2.75, 3.05) is 13.6 Å². The molecule has 3 atom stereocenters. The summed E-state index contributed by atoms with van der Waals surface area (Å²) < 4.78 is 0. The number of thioether (sulfide) groups is 1. The Kier molecular flexibility index (Phi) is 11.2. The third-order valence-corrected chi connectivity index (χ3v) is 7.66. The van der Waals surface area contributed by atoms with Gasteiger partial charge in [-0.05, 0) is 36.5 Å². The second-order valence-electron chi connectivity index (χ2n) is 10.3. The van der Waals surface area contributed by atoms with E-state index >= 15 is 0 Å². The SMILES string of the molecule is CNC(=O)[C@H](Cc1ccccc1)NC(=O)[C@H](CC(C)C)NC(=O)C(CCN1C(=O)c2ccccc2C1=O)SC(C)=O. The number of hydrogen-bond donors (Lipinski definition) is 3. The van der Waals surface area contributed by atoms with Crippen LogP contribution >= 0.6 is 11.8 Å². The third-order valence-electron chi connectivity index (χ3n) is 6.60. The van der Waals surface area contributed by atoms with Crippen LogP contribution in [0.1, 0.15) is 59.9 Å². The fourth-order valence-corrected chi connectivity index (χ4v) is 5.40. The number of hydrogen-bond acceptors (Lipinski definition) is 7. The van der Waals surface area contributed by atoms with Gasteiger partial charge >= 0.3 is 0 Å². The number of fused-ring (bicyclic) bond motifs is 1. The summed E-state index contributed by atoms with van der Waals surface area (Å²) in [5.41, 5.74) is 1.46. The van der Waals surface area contributed by atoms with Crippen molar-refractivity contribution in [2.24, 2.45) is 5.92 Å². The quantitative estimate of drug-likeness (QED) is 0.309. The maximum atomic E-state index is 13.4. The van der Waals surface area contributed by atoms with Crippen molar-refractivity contribution in [1.29, 1.82) is 0 Å². The minimum Gasteiger partial charge on any atom is -0.357 e. The van der Waals surface area contributed by atoms with E-state index in [2.05, 4.69) is 16.0 Å². The molecule has 3 N–H and O–H groups in total. The molecule has 1 aliphatic rings. The Morgan fingerprint density at radius 3 is 1.90 bits per heavy atom. The molecule has 218 valence electrons. The minimum atomic E-state index is -0.972. The van der Waals surface area contributed by atoms with Gasteiger partial charge in [-0.2, -0.15) is 0 Å². The molecule has 2 aromatic carbocycles. The van der Waals surface area contributed by atoms with Crippen molar-refractivity contribution in [3.05, 3.63) is 71.3 Å². The van der Waals surface area contributed by atoms with Crippen LogP contribution < -0.4 is 16.0 Å². The van der Waals surface area contributed by atoms with E-state index in [4.69, 9.17) is 0 Å². The maximum Gasteiger partial charge on any atom is 0.261 e. The summed E-state index contributed by atoms with van der Waals surface area (Å²) in [6.07, 6.45) is 0.573. The molecular weight excluding hydrogens is 544 g/mol. The lowest BCUT2D eigenvalue weighted by Crippen LogP contribution is -2.55. The number of carbonyl (C=O) groups is 6. The molecule has 0 aromatic heterocycles. The summed E-state index contributed by atoms with van der Waals surface area (Å²) in [7, 11) is 1.48. The summed E-state index contributed by atoms with van der Waals surface area (Å²) in [4.78, 5) is 77.9. The monoisotopic (exact) mass is 580 g/mol. The van der Waals surface area contributed by atoms with Gasteiger partial charge in [0.1, 0.15) is 12.1 Å². The van der Waals surface area contributed by atoms with Crippen LogP contribution in [0.25, 0.3) is 0 Å². The lowest BCUT2D eigenvalue weighted by atomic mass is 10.0. The first-order valence-corrected chi connectivity index (χ1v) is 14.4. The summed E-state index contributed by atoms with van der Waals surface area (Å²) in [5, 5.41) is 6.82. The fourth-order valence-electron chi connectivity index (χ4n) is 4.61. The smallest absolute Gasteiger partial charge is 0.261 e. The van der Waals surface area contributed by atoms with Crippen LogP contribution in [0.5, 0.6) is 0 Å². The second-order valence-corrected chi connectivity index (χ2v) is 11.6. The van der Waals surface area contributed by atoms with Gasteiger partial charge < -0.3 is 16.0 Å². The lowest BCUT2D eigenvalue weighted by molar-refractivity contribution is -0.132. The van der Waals surface area contributed by atoms with Crippen molar-refractivity contribution in [3.8, 4) is 0 Å². The summed E-state index contributed by atoms with van der Waals surface area (Å²) in [5.74, 6) is -2.34. The lowest BCUT2D eigenvalue weighted by Gasteiger charge is -2.26. The Labute approximate surface area is 244 Å². The number of amides is 5. The Balaban J connectivity index is 1.72. The fraction of sp³-hybridized carbons (Fsp3) is 0.400. The zero-order valence-corrected chi connectivity index (χ0v) is 24.5. The molecule has 3 rings (SSSR count). The number of nitrogens with zero attached hydrogens (tertiary/aromatic N) is 1. The van der Waals surface area contributed by atoms with Crippen LogP contribution in [0.2, 0.25) is 0 Å². The second kappa shape index (κ2) is 14.6. The van der Waals surface area contributed by atoms with Crippen LogP contribution in [0.15, 0.2) is 54.6 Å². The van der Waals surface area contributed by atoms with E-state index in [1.807, 2.05) is 44.2 Å². The molecule has 10 nitrogen and oxygen atoms in total. The molecule has 0 fully saturated rings. The molecule has 41 heavy (non-hydrogen) atoms. The van der Waals surface area contributed by atoms with Gasteiger partial charge in [0.05, 0.1) is 16.4 Å². The van der Waals surface area contributed by atoms with Crippen molar-refractivity contribution in [2.45, 2.75) is 57.4 Å². The average molecular weight is 581 g/mol. The molecular formula is C30H36N4O6S. The molecule has 5 amide bonds. The standard InChI is InChI=1S/C30H36N4O6S/c1-18(2)16-23(27(37)32-24(26(36)31-4)17-20-10-6-5-7-11-20)33-28(38)25(41-19(3)35)14-15-34-29(39)21-12-8-9-13-22(21)30(34)40/h5-13,18,23-25H,14-17H2,1-4H3,(H,31,36)(H,32,37)(H,33,38)/t23-,24-,25?/m0/s1. The van der Waals surface area contributed by atoms with Gasteiger partial charge in [0, 0.05) is 26.9 Å². The van der Waals surface area contributed by atoms with Crippen molar-refractivity contribution >= 4 is 46.4 Å². The van der Waals surface area contributed by atoms with Crippen LogP contribution in [0.3, 0.4) is 0 Å². The highest BCUT2D eigenvalue weighted by molar-refractivity contribution is 8.14. The molecule has 1 unspecified atom stereocenters. The van der Waals surface area contributed by atoms with Gasteiger partial charge in [-0.1, -0.05) is 68.1 Å². The first kappa shape index (κ1) is 31.5. The molecule has 0 saturated carbocycles. The van der Waals surface area contributed by atoms with Crippen LogP contribution in [-0.2, 0) is 25.6 Å². The number of imide groups is 1. The summed E-state index contributed by atoms with van der Waals surface area (Å²) >= 11 is 0.778. The van der Waals surface area contributed by atoms with E-state index in [0.717, 1.165) is 22.2 Å². The first-order valence-electron chi connectivity index (χ1n) is 13.5. The molecule has 0 bridgehead atoms. The molecule has 1 heterocycles. The van der Waals surface area contributed by atoms with E-state index in [-0.39, 0.29) is 36.3 Å². The van der Waals surface area contributed by atoms with E-state index in [9.17, 15) is 28.8 Å². The van der Waals surface area contributed by atoms with Crippen molar-refractivity contribution in [1.82, 2.24) is 20.9 Å². The molecule has 0 radical (unpaired) electrons. The molecule has 11 heteroatoms. The summed E-state index contributed by atoms with van der Waals surface area (Å²) in [6, 6.07) is 13.9. The Bertz CT molecular complexity index is 1260. The highest BCUT2D eigenvalue weighted by atomic mass is 32.2. The number of likely N-dealkylation sites (N-methyl/N-ethyl adjacent to an activating group) is 1. The highest BCUT2D eigenvalue weighted by Crippen LogP contribution is 2.25. The molecule has 0 spiro atoms. The maximum absolute atomic E-state index is 13.4. The molecule has 1 aliphatic heterocycles. The van der Waals surface area contributed by atoms with E-state index < -0.39 is 41.0 Å². The van der Waals surface area contributed by atoms with Gasteiger partial charge in [-0.15, -0.1) is 0 Å². The first-order chi connectivity index (χ1) is 19.5. The number of rotatable bonds is 13. The van der Waals surface area contributed by atoms with Gasteiger partial charge in [0.2, 0.25) is 17.7 Å². The normalized spacial score (nSPS) is 14.7. The van der Waals surface area contributed by atoms with Crippen molar-refractivity contribution in [3.63, 3.8) is 0 Å². The number of nitrogens with one attached hydrogen (secondary N) is 3. The molecule has 0 saturated heterocycles.